The average molecular weight is 466 g/mol. The Kier molecular flexibility index (Phi) is 4.78. The molecule has 1 saturated heterocycles. The van der Waals surface area contributed by atoms with E-state index in [9.17, 15) is 9.59 Å². The first-order valence-electron chi connectivity index (χ1n) is 9.88. The first-order valence-corrected chi connectivity index (χ1v) is 10.7. The van der Waals surface area contributed by atoms with Crippen molar-refractivity contribution < 1.29 is 9.59 Å². The molecule has 0 unspecified atom stereocenters. The lowest BCUT2D eigenvalue weighted by atomic mass is 9.95. The summed E-state index contributed by atoms with van der Waals surface area (Å²) in [4.78, 5) is 30.6. The van der Waals surface area contributed by atoms with E-state index < -0.39 is 0 Å². The molecule has 152 valence electrons. The number of nitrogens with zero attached hydrogens (tertiary/aromatic N) is 2. The van der Waals surface area contributed by atoms with E-state index in [1.807, 2.05) is 47.4 Å². The van der Waals surface area contributed by atoms with Gasteiger partial charge in [0.15, 0.2) is 0 Å². The van der Waals surface area contributed by atoms with Gasteiger partial charge >= 0.3 is 0 Å². The summed E-state index contributed by atoms with van der Waals surface area (Å²) in [6.07, 6.45) is 3.03. The normalized spacial score (nSPS) is 15.0. The molecule has 1 aliphatic rings. The van der Waals surface area contributed by atoms with Gasteiger partial charge in [0.05, 0.1) is 11.7 Å². The van der Waals surface area contributed by atoms with Crippen LogP contribution < -0.4 is 5.32 Å². The van der Waals surface area contributed by atoms with Crippen molar-refractivity contribution in [3.05, 3.63) is 58.8 Å². The van der Waals surface area contributed by atoms with Crippen molar-refractivity contribution in [2.75, 3.05) is 18.4 Å². The molecule has 5 rings (SSSR count). The first-order chi connectivity index (χ1) is 14.6. The minimum Gasteiger partial charge on any atom is -0.351 e. The van der Waals surface area contributed by atoms with E-state index in [2.05, 4.69) is 36.4 Å². The van der Waals surface area contributed by atoms with Crippen LogP contribution in [-0.2, 0) is 4.79 Å². The number of likely N-dealkylation sites (tertiary alicyclic amines) is 1. The highest BCUT2D eigenvalue weighted by molar-refractivity contribution is 9.10. The van der Waals surface area contributed by atoms with Crippen LogP contribution in [-0.4, -0.2) is 45.0 Å². The van der Waals surface area contributed by atoms with Crippen LogP contribution in [0.4, 0.5) is 5.69 Å². The number of hydrogen-bond donors (Lipinski definition) is 3. The molecule has 0 aliphatic carbocycles. The highest BCUT2D eigenvalue weighted by Crippen LogP contribution is 2.25. The van der Waals surface area contributed by atoms with Crippen molar-refractivity contribution in [2.24, 2.45) is 5.92 Å². The molecule has 1 aliphatic heterocycles. The Balaban J connectivity index is 1.21. The molecule has 3 N–H and O–H groups in total. The SMILES string of the molecule is O=C(Nc1ccc2[nH]ncc2c1)C1CCN(C(=O)c2cc3cc(Br)ccc3[nH]2)CC1. The number of nitrogens with one attached hydrogen (secondary N) is 3. The zero-order chi connectivity index (χ0) is 20.7. The zero-order valence-electron chi connectivity index (χ0n) is 16.1. The maximum absolute atomic E-state index is 12.9. The van der Waals surface area contributed by atoms with Gasteiger partial charge in [0, 0.05) is 45.5 Å². The summed E-state index contributed by atoms with van der Waals surface area (Å²) in [5.74, 6) is -0.125. The largest absolute Gasteiger partial charge is 0.351 e. The van der Waals surface area contributed by atoms with Crippen molar-refractivity contribution >= 4 is 55.2 Å². The van der Waals surface area contributed by atoms with Gasteiger partial charge < -0.3 is 15.2 Å². The molecule has 30 heavy (non-hydrogen) atoms. The van der Waals surface area contributed by atoms with Crippen LogP contribution in [0.2, 0.25) is 0 Å². The summed E-state index contributed by atoms with van der Waals surface area (Å²) >= 11 is 3.46. The molecule has 0 spiro atoms. The third kappa shape index (κ3) is 3.59. The van der Waals surface area contributed by atoms with E-state index in [4.69, 9.17) is 0 Å². The summed E-state index contributed by atoms with van der Waals surface area (Å²) in [5.41, 5.74) is 3.21. The topological polar surface area (TPSA) is 93.9 Å². The highest BCUT2D eigenvalue weighted by atomic mass is 79.9. The zero-order valence-corrected chi connectivity index (χ0v) is 17.7. The summed E-state index contributed by atoms with van der Waals surface area (Å²) in [6.45, 7) is 1.13. The van der Waals surface area contributed by atoms with Gasteiger partial charge in [-0.2, -0.15) is 5.10 Å². The lowest BCUT2D eigenvalue weighted by molar-refractivity contribution is -0.121. The molecule has 0 atom stereocenters. The van der Waals surface area contributed by atoms with Crippen LogP contribution in [0.3, 0.4) is 0 Å². The first kappa shape index (κ1) is 18.9. The number of aromatic amines is 2. The van der Waals surface area contributed by atoms with Crippen molar-refractivity contribution in [1.82, 2.24) is 20.1 Å². The number of carbonyl (C=O) groups is 2. The Hall–Kier alpha value is -3.13. The molecule has 2 amide bonds. The molecule has 3 heterocycles. The number of aromatic nitrogens is 3. The van der Waals surface area contributed by atoms with E-state index in [1.54, 1.807) is 6.20 Å². The Bertz CT molecular complexity index is 1250. The van der Waals surface area contributed by atoms with Gasteiger partial charge in [-0.25, -0.2) is 0 Å². The minimum atomic E-state index is -0.104. The summed E-state index contributed by atoms with van der Waals surface area (Å²) < 4.78 is 0.978. The molecular formula is C22H20BrN5O2. The monoisotopic (exact) mass is 465 g/mol. The van der Waals surface area contributed by atoms with Gasteiger partial charge in [-0.3, -0.25) is 14.7 Å². The van der Waals surface area contributed by atoms with Crippen molar-refractivity contribution in [3.63, 3.8) is 0 Å². The molecule has 7 nitrogen and oxygen atoms in total. The molecule has 1 fully saturated rings. The predicted octanol–water partition coefficient (Wildman–Crippen LogP) is 4.30. The molecular weight excluding hydrogens is 446 g/mol. The van der Waals surface area contributed by atoms with E-state index >= 15 is 0 Å². The lowest BCUT2D eigenvalue weighted by Gasteiger charge is -2.31. The predicted molar refractivity (Wildman–Crippen MR) is 119 cm³/mol. The number of piperidine rings is 1. The van der Waals surface area contributed by atoms with Gasteiger partial charge in [-0.15, -0.1) is 0 Å². The van der Waals surface area contributed by atoms with Gasteiger partial charge in [0.2, 0.25) is 5.91 Å². The average Bonchev–Trinajstić information content (AvgIpc) is 3.39. The van der Waals surface area contributed by atoms with Crippen molar-refractivity contribution in [3.8, 4) is 0 Å². The molecule has 0 radical (unpaired) electrons. The fourth-order valence-electron chi connectivity index (χ4n) is 4.00. The van der Waals surface area contributed by atoms with Crippen LogP contribution in [0.15, 0.2) is 53.1 Å². The van der Waals surface area contributed by atoms with E-state index in [1.165, 1.54) is 0 Å². The smallest absolute Gasteiger partial charge is 0.270 e. The fourth-order valence-corrected chi connectivity index (χ4v) is 4.38. The van der Waals surface area contributed by atoms with Crippen LogP contribution in [0.1, 0.15) is 23.3 Å². The van der Waals surface area contributed by atoms with Gasteiger partial charge in [0.25, 0.3) is 5.91 Å². The number of H-pyrrole nitrogens is 2. The summed E-state index contributed by atoms with van der Waals surface area (Å²) in [7, 11) is 0. The number of benzene rings is 2. The van der Waals surface area contributed by atoms with Gasteiger partial charge in [-0.05, 0) is 55.3 Å². The second-order valence-electron chi connectivity index (χ2n) is 7.64. The summed E-state index contributed by atoms with van der Waals surface area (Å²) in [5, 5.41) is 11.8. The number of hydrogen-bond acceptors (Lipinski definition) is 3. The van der Waals surface area contributed by atoms with E-state index in [-0.39, 0.29) is 17.7 Å². The standard InChI is InChI=1S/C22H20BrN5O2/c23-16-1-3-18-14(9-16)11-20(26-18)22(30)28-7-5-13(6-8-28)21(29)25-17-2-4-19-15(10-17)12-24-27-19/h1-4,9-13,26H,5-8H2,(H,24,27)(H,25,29). The maximum Gasteiger partial charge on any atom is 0.270 e. The minimum absolute atomic E-state index is 0.000376. The quantitative estimate of drug-likeness (QED) is 0.420. The Morgan fingerprint density at radius 3 is 2.67 bits per heavy atom. The number of halogens is 1. The summed E-state index contributed by atoms with van der Waals surface area (Å²) in [6, 6.07) is 13.4. The number of anilines is 1. The fraction of sp³-hybridized carbons (Fsp3) is 0.227. The molecule has 2 aromatic carbocycles. The Morgan fingerprint density at radius 2 is 1.83 bits per heavy atom. The van der Waals surface area contributed by atoms with E-state index in [0.717, 1.165) is 32.0 Å². The highest BCUT2D eigenvalue weighted by Gasteiger charge is 2.28. The van der Waals surface area contributed by atoms with Crippen LogP contribution in [0.25, 0.3) is 21.8 Å². The number of rotatable bonds is 3. The lowest BCUT2D eigenvalue weighted by Crippen LogP contribution is -2.41. The van der Waals surface area contributed by atoms with Gasteiger partial charge in [-0.1, -0.05) is 15.9 Å². The molecule has 8 heteroatoms. The van der Waals surface area contributed by atoms with E-state index in [0.29, 0.717) is 31.6 Å². The molecule has 0 bridgehead atoms. The molecule has 2 aromatic heterocycles. The molecule has 0 saturated carbocycles. The Morgan fingerprint density at radius 1 is 1.03 bits per heavy atom. The number of amides is 2. The third-order valence-electron chi connectivity index (χ3n) is 5.67. The van der Waals surface area contributed by atoms with Crippen LogP contribution in [0.5, 0.6) is 0 Å². The molecule has 4 aromatic rings. The van der Waals surface area contributed by atoms with Crippen LogP contribution in [0, 0.1) is 5.92 Å². The third-order valence-corrected chi connectivity index (χ3v) is 6.17. The van der Waals surface area contributed by atoms with Crippen molar-refractivity contribution in [2.45, 2.75) is 12.8 Å². The Labute approximate surface area is 181 Å². The van der Waals surface area contributed by atoms with Gasteiger partial charge in [0.1, 0.15) is 5.69 Å². The second kappa shape index (κ2) is 7.60. The second-order valence-corrected chi connectivity index (χ2v) is 8.56. The van der Waals surface area contributed by atoms with Crippen LogP contribution >= 0.6 is 15.9 Å². The maximum atomic E-state index is 12.9. The van der Waals surface area contributed by atoms with Crippen molar-refractivity contribution in [1.29, 1.82) is 0 Å². The number of fused-ring (bicyclic) bond motifs is 2. The number of carbonyl (C=O) groups excluding carboxylic acids is 2.